The molecule has 74 valence electrons. The third kappa shape index (κ3) is 2.96. The van der Waals surface area contributed by atoms with Crippen molar-refractivity contribution in [1.29, 1.82) is 5.26 Å². The molecule has 1 heterocycles. The van der Waals surface area contributed by atoms with Gasteiger partial charge in [0.25, 0.3) is 0 Å². The molecule has 4 heteroatoms. The summed E-state index contributed by atoms with van der Waals surface area (Å²) in [6.07, 6.45) is 0. The molecule has 0 bridgehead atoms. The van der Waals surface area contributed by atoms with E-state index in [0.717, 1.165) is 13.1 Å². The molecule has 1 rings (SSSR count). The highest BCUT2D eigenvalue weighted by Crippen LogP contribution is 2.08. The average Bonchev–Trinajstić information content (AvgIpc) is 2.18. The maximum atomic E-state index is 9.04. The van der Waals surface area contributed by atoms with E-state index in [4.69, 9.17) is 15.1 Å². The Morgan fingerprint density at radius 3 is 3.15 bits per heavy atom. The number of hydrogen-bond donors (Lipinski definition) is 1. The Morgan fingerprint density at radius 1 is 1.77 bits per heavy atom. The lowest BCUT2D eigenvalue weighted by molar-refractivity contribution is -0.0301. The monoisotopic (exact) mass is 184 g/mol. The fourth-order valence-corrected chi connectivity index (χ4v) is 1.49. The summed E-state index contributed by atoms with van der Waals surface area (Å²) in [4.78, 5) is 2.12. The number of nitriles is 1. The molecule has 0 aromatic heterocycles. The van der Waals surface area contributed by atoms with Crippen LogP contribution in [-0.2, 0) is 4.74 Å². The van der Waals surface area contributed by atoms with E-state index in [1.165, 1.54) is 0 Å². The normalized spacial score (nSPS) is 26.7. The second-order valence-electron chi connectivity index (χ2n) is 3.44. The lowest BCUT2D eigenvalue weighted by Crippen LogP contribution is -2.48. The first-order valence-electron chi connectivity index (χ1n) is 4.60. The molecule has 2 unspecified atom stereocenters. The van der Waals surface area contributed by atoms with Crippen molar-refractivity contribution in [2.24, 2.45) is 5.92 Å². The van der Waals surface area contributed by atoms with E-state index in [0.29, 0.717) is 13.2 Å². The minimum atomic E-state index is 0.0205. The van der Waals surface area contributed by atoms with Crippen molar-refractivity contribution in [3.63, 3.8) is 0 Å². The van der Waals surface area contributed by atoms with Crippen LogP contribution in [0.25, 0.3) is 0 Å². The Labute approximate surface area is 78.7 Å². The average molecular weight is 184 g/mol. The van der Waals surface area contributed by atoms with Crippen LogP contribution in [0.4, 0.5) is 0 Å². The van der Waals surface area contributed by atoms with Crippen LogP contribution in [-0.4, -0.2) is 49.0 Å². The second-order valence-corrected chi connectivity index (χ2v) is 3.44. The van der Waals surface area contributed by atoms with Gasteiger partial charge in [0.2, 0.25) is 0 Å². The van der Waals surface area contributed by atoms with Crippen LogP contribution in [0.15, 0.2) is 0 Å². The molecule has 0 aromatic rings. The molecule has 1 fully saturated rings. The van der Waals surface area contributed by atoms with Crippen LogP contribution in [0, 0.1) is 17.2 Å². The molecule has 1 saturated heterocycles. The van der Waals surface area contributed by atoms with Crippen LogP contribution in [0.3, 0.4) is 0 Å². The van der Waals surface area contributed by atoms with Crippen LogP contribution in [0.5, 0.6) is 0 Å². The second kappa shape index (κ2) is 5.18. The predicted octanol–water partition coefficient (Wildman–Crippen LogP) is -0.161. The van der Waals surface area contributed by atoms with Gasteiger partial charge in [-0.25, -0.2) is 0 Å². The zero-order valence-electron chi connectivity index (χ0n) is 7.94. The number of aliphatic hydroxyl groups is 1. The largest absolute Gasteiger partial charge is 0.395 e. The van der Waals surface area contributed by atoms with Crippen molar-refractivity contribution in [1.82, 2.24) is 4.90 Å². The van der Waals surface area contributed by atoms with Gasteiger partial charge in [-0.05, 0) is 6.92 Å². The first kappa shape index (κ1) is 10.5. The summed E-state index contributed by atoms with van der Waals surface area (Å²) in [6.45, 7) is 4.83. The molecule has 0 amide bonds. The molecule has 13 heavy (non-hydrogen) atoms. The maximum Gasteiger partial charge on any atom is 0.0666 e. The van der Waals surface area contributed by atoms with Crippen molar-refractivity contribution < 1.29 is 9.84 Å². The van der Waals surface area contributed by atoms with Gasteiger partial charge >= 0.3 is 0 Å². The maximum absolute atomic E-state index is 9.04. The molecule has 4 nitrogen and oxygen atoms in total. The van der Waals surface area contributed by atoms with Gasteiger partial charge in [-0.3, -0.25) is 4.90 Å². The molecule has 2 atom stereocenters. The molecule has 0 spiro atoms. The first-order chi connectivity index (χ1) is 6.27. The molecule has 0 aromatic carbocycles. The summed E-state index contributed by atoms with van der Waals surface area (Å²) in [5.41, 5.74) is 0. The van der Waals surface area contributed by atoms with Crippen molar-refractivity contribution >= 4 is 0 Å². The SMILES string of the molecule is CC(C#N)CN1CCOCC1CO. The summed E-state index contributed by atoms with van der Waals surface area (Å²) in [7, 11) is 0. The van der Waals surface area contributed by atoms with E-state index in [1.807, 2.05) is 6.92 Å². The van der Waals surface area contributed by atoms with Gasteiger partial charge in [0.1, 0.15) is 0 Å². The van der Waals surface area contributed by atoms with Gasteiger partial charge in [-0.1, -0.05) is 0 Å². The third-order valence-electron chi connectivity index (χ3n) is 2.29. The summed E-state index contributed by atoms with van der Waals surface area (Å²) in [5.74, 6) is 0.0205. The lowest BCUT2D eigenvalue weighted by Gasteiger charge is -2.34. The molecule has 0 aliphatic carbocycles. The predicted molar refractivity (Wildman–Crippen MR) is 48.0 cm³/mol. The van der Waals surface area contributed by atoms with E-state index in [2.05, 4.69) is 11.0 Å². The van der Waals surface area contributed by atoms with Gasteiger partial charge in [0.15, 0.2) is 0 Å². The summed E-state index contributed by atoms with van der Waals surface area (Å²) in [6, 6.07) is 2.27. The highest BCUT2D eigenvalue weighted by molar-refractivity contribution is 4.84. The Morgan fingerprint density at radius 2 is 2.54 bits per heavy atom. The third-order valence-corrected chi connectivity index (χ3v) is 2.29. The summed E-state index contributed by atoms with van der Waals surface area (Å²) < 4.78 is 5.23. The Bertz CT molecular complexity index is 191. The fourth-order valence-electron chi connectivity index (χ4n) is 1.49. The van der Waals surface area contributed by atoms with E-state index in [9.17, 15) is 0 Å². The topological polar surface area (TPSA) is 56.5 Å². The Balaban J connectivity index is 2.41. The van der Waals surface area contributed by atoms with Crippen LogP contribution >= 0.6 is 0 Å². The van der Waals surface area contributed by atoms with Crippen molar-refractivity contribution in [3.8, 4) is 6.07 Å². The number of ether oxygens (including phenoxy) is 1. The zero-order chi connectivity index (χ0) is 9.68. The Hall–Kier alpha value is -0.630. The minimum absolute atomic E-state index is 0.0205. The van der Waals surface area contributed by atoms with Gasteiger partial charge in [0, 0.05) is 13.1 Å². The molecular weight excluding hydrogens is 168 g/mol. The van der Waals surface area contributed by atoms with Crippen molar-refractivity contribution in [2.75, 3.05) is 32.9 Å². The number of morpholine rings is 1. The molecule has 1 aliphatic rings. The first-order valence-corrected chi connectivity index (χ1v) is 4.60. The van der Waals surface area contributed by atoms with Gasteiger partial charge < -0.3 is 9.84 Å². The molecule has 0 radical (unpaired) electrons. The minimum Gasteiger partial charge on any atom is -0.395 e. The molecule has 0 saturated carbocycles. The van der Waals surface area contributed by atoms with E-state index >= 15 is 0 Å². The van der Waals surface area contributed by atoms with E-state index in [-0.39, 0.29) is 18.6 Å². The molecular formula is C9H16N2O2. The van der Waals surface area contributed by atoms with Crippen molar-refractivity contribution in [3.05, 3.63) is 0 Å². The van der Waals surface area contributed by atoms with Crippen LogP contribution < -0.4 is 0 Å². The number of rotatable bonds is 3. The summed E-state index contributed by atoms with van der Waals surface area (Å²) >= 11 is 0. The molecule has 1 aliphatic heterocycles. The van der Waals surface area contributed by atoms with Crippen molar-refractivity contribution in [2.45, 2.75) is 13.0 Å². The van der Waals surface area contributed by atoms with E-state index in [1.54, 1.807) is 0 Å². The van der Waals surface area contributed by atoms with E-state index < -0.39 is 0 Å². The standard InChI is InChI=1S/C9H16N2O2/c1-8(4-10)5-11-2-3-13-7-9(11)6-12/h8-9,12H,2-3,5-7H2,1H3. The fraction of sp³-hybridized carbons (Fsp3) is 0.889. The highest BCUT2D eigenvalue weighted by atomic mass is 16.5. The van der Waals surface area contributed by atoms with Gasteiger partial charge in [0.05, 0.1) is 37.8 Å². The Kier molecular flexibility index (Phi) is 4.16. The van der Waals surface area contributed by atoms with Crippen LogP contribution in [0.1, 0.15) is 6.92 Å². The lowest BCUT2D eigenvalue weighted by atomic mass is 10.1. The number of hydrogen-bond acceptors (Lipinski definition) is 4. The smallest absolute Gasteiger partial charge is 0.0666 e. The summed E-state index contributed by atoms with van der Waals surface area (Å²) in [5, 5.41) is 17.7. The number of nitrogens with zero attached hydrogens (tertiary/aromatic N) is 2. The van der Waals surface area contributed by atoms with Crippen LogP contribution in [0.2, 0.25) is 0 Å². The quantitative estimate of drug-likeness (QED) is 0.662. The van der Waals surface area contributed by atoms with Gasteiger partial charge in [-0.15, -0.1) is 0 Å². The zero-order valence-corrected chi connectivity index (χ0v) is 7.94. The highest BCUT2D eigenvalue weighted by Gasteiger charge is 2.23. The van der Waals surface area contributed by atoms with Gasteiger partial charge in [-0.2, -0.15) is 5.26 Å². The molecule has 1 N–H and O–H groups in total. The number of aliphatic hydroxyl groups excluding tert-OH is 1.